The summed E-state index contributed by atoms with van der Waals surface area (Å²) in [5.41, 5.74) is 1.30. The van der Waals surface area contributed by atoms with E-state index in [4.69, 9.17) is 0 Å². The minimum absolute atomic E-state index is 0.697. The van der Waals surface area contributed by atoms with Crippen molar-refractivity contribution in [3.05, 3.63) is 66.0 Å². The van der Waals surface area contributed by atoms with Crippen LogP contribution in [0.2, 0.25) is 0 Å². The summed E-state index contributed by atoms with van der Waals surface area (Å²) in [5, 5.41) is 7.98. The summed E-state index contributed by atoms with van der Waals surface area (Å²) in [7, 11) is 0. The zero-order valence-electron chi connectivity index (χ0n) is 11.4. The van der Waals surface area contributed by atoms with Crippen LogP contribution in [-0.4, -0.2) is 25.1 Å². The molecular formula is C15H15N5S. The number of aromatic nitrogens is 5. The monoisotopic (exact) mass is 297 g/mol. The molecule has 0 saturated carbocycles. The summed E-state index contributed by atoms with van der Waals surface area (Å²) in [6, 6.07) is 12.2. The van der Waals surface area contributed by atoms with Crippen molar-refractivity contribution in [2.24, 2.45) is 0 Å². The molecule has 0 aliphatic rings. The van der Waals surface area contributed by atoms with Gasteiger partial charge >= 0.3 is 0 Å². The van der Waals surface area contributed by atoms with Crippen molar-refractivity contribution in [2.45, 2.75) is 23.8 Å². The molecule has 5 nitrogen and oxygen atoms in total. The molecule has 3 rings (SSSR count). The van der Waals surface area contributed by atoms with Crippen LogP contribution in [-0.2, 0) is 18.6 Å². The Morgan fingerprint density at radius 3 is 2.57 bits per heavy atom. The molecule has 1 aromatic carbocycles. The summed E-state index contributed by atoms with van der Waals surface area (Å²) in [4.78, 5) is 12.8. The van der Waals surface area contributed by atoms with E-state index in [1.54, 1.807) is 30.2 Å². The van der Waals surface area contributed by atoms with Gasteiger partial charge in [-0.1, -0.05) is 42.1 Å². The van der Waals surface area contributed by atoms with Gasteiger partial charge in [-0.15, -0.1) is 0 Å². The van der Waals surface area contributed by atoms with Crippen LogP contribution in [0.5, 0.6) is 0 Å². The van der Waals surface area contributed by atoms with Crippen molar-refractivity contribution >= 4 is 11.8 Å². The SMILES string of the molecule is c1ccc(CCc2n[nH]c(CSc3ncccn3)n2)cc1. The second-order valence-electron chi connectivity index (χ2n) is 4.50. The van der Waals surface area contributed by atoms with Crippen molar-refractivity contribution < 1.29 is 0 Å². The van der Waals surface area contributed by atoms with Crippen molar-refractivity contribution in [1.82, 2.24) is 25.1 Å². The zero-order valence-corrected chi connectivity index (χ0v) is 12.3. The molecule has 0 amide bonds. The number of nitrogens with one attached hydrogen (secondary N) is 1. The van der Waals surface area contributed by atoms with Crippen LogP contribution in [0, 0.1) is 0 Å². The lowest BCUT2D eigenvalue weighted by molar-refractivity contribution is 0.865. The molecule has 0 spiro atoms. The average molecular weight is 297 g/mol. The Bertz CT molecular complexity index is 611. The Hall–Kier alpha value is -2.21. The van der Waals surface area contributed by atoms with Crippen molar-refractivity contribution in [3.63, 3.8) is 0 Å². The van der Waals surface area contributed by atoms with Crippen molar-refractivity contribution in [2.75, 3.05) is 0 Å². The maximum absolute atomic E-state index is 4.50. The second-order valence-corrected chi connectivity index (χ2v) is 5.45. The highest BCUT2D eigenvalue weighted by atomic mass is 32.2. The van der Waals surface area contributed by atoms with Crippen LogP contribution < -0.4 is 0 Å². The molecule has 6 heteroatoms. The molecule has 2 aromatic heterocycles. The molecule has 0 bridgehead atoms. The lowest BCUT2D eigenvalue weighted by Crippen LogP contribution is -1.93. The molecule has 106 valence electrons. The number of benzene rings is 1. The van der Waals surface area contributed by atoms with E-state index in [0.717, 1.165) is 29.6 Å². The summed E-state index contributed by atoms with van der Waals surface area (Å²) in [6.07, 6.45) is 5.27. The van der Waals surface area contributed by atoms with Gasteiger partial charge < -0.3 is 0 Å². The number of aryl methyl sites for hydroxylation is 2. The van der Waals surface area contributed by atoms with Crippen molar-refractivity contribution in [1.29, 1.82) is 0 Å². The molecule has 21 heavy (non-hydrogen) atoms. The lowest BCUT2D eigenvalue weighted by Gasteiger charge is -1.97. The van der Waals surface area contributed by atoms with E-state index in [1.807, 2.05) is 6.07 Å². The van der Waals surface area contributed by atoms with Gasteiger partial charge in [0.15, 0.2) is 11.0 Å². The summed E-state index contributed by atoms with van der Waals surface area (Å²) in [6.45, 7) is 0. The highest BCUT2D eigenvalue weighted by molar-refractivity contribution is 7.98. The molecular weight excluding hydrogens is 282 g/mol. The predicted octanol–water partition coefficient (Wildman–Crippen LogP) is 2.67. The maximum atomic E-state index is 4.50. The first-order chi connectivity index (χ1) is 10.4. The first kappa shape index (κ1) is 13.8. The molecule has 0 aliphatic carbocycles. The average Bonchev–Trinajstić information content (AvgIpc) is 3.01. The van der Waals surface area contributed by atoms with E-state index < -0.39 is 0 Å². The van der Waals surface area contributed by atoms with Crippen LogP contribution in [0.25, 0.3) is 0 Å². The fraction of sp³-hybridized carbons (Fsp3) is 0.200. The molecule has 0 unspecified atom stereocenters. The van der Waals surface area contributed by atoms with Gasteiger partial charge in [0.1, 0.15) is 5.82 Å². The fourth-order valence-electron chi connectivity index (χ4n) is 1.90. The van der Waals surface area contributed by atoms with Gasteiger partial charge in [-0.2, -0.15) is 5.10 Å². The lowest BCUT2D eigenvalue weighted by atomic mass is 10.1. The van der Waals surface area contributed by atoms with E-state index in [-0.39, 0.29) is 0 Å². The van der Waals surface area contributed by atoms with Gasteiger partial charge in [0, 0.05) is 18.8 Å². The Morgan fingerprint density at radius 1 is 0.952 bits per heavy atom. The molecule has 1 N–H and O–H groups in total. The van der Waals surface area contributed by atoms with Crippen LogP contribution in [0.1, 0.15) is 17.2 Å². The standard InChI is InChI=1S/C15H15N5S/c1-2-5-12(6-3-1)7-8-13-18-14(20-19-13)11-21-15-16-9-4-10-17-15/h1-6,9-10H,7-8,11H2,(H,18,19,20). The van der Waals surface area contributed by atoms with Gasteiger partial charge in [0.2, 0.25) is 0 Å². The number of hydrogen-bond donors (Lipinski definition) is 1. The quantitative estimate of drug-likeness (QED) is 0.559. The van der Waals surface area contributed by atoms with Gasteiger partial charge in [0.05, 0.1) is 5.75 Å². The molecule has 2 heterocycles. The molecule has 0 fully saturated rings. The number of H-pyrrole nitrogens is 1. The Labute approximate surface area is 127 Å². The van der Waals surface area contributed by atoms with E-state index >= 15 is 0 Å². The Kier molecular flexibility index (Phi) is 4.58. The third-order valence-corrected chi connectivity index (χ3v) is 3.82. The van der Waals surface area contributed by atoms with E-state index in [1.165, 1.54) is 5.56 Å². The van der Waals surface area contributed by atoms with Gasteiger partial charge in [-0.3, -0.25) is 5.10 Å². The molecule has 0 aliphatic heterocycles. The number of hydrogen-bond acceptors (Lipinski definition) is 5. The topological polar surface area (TPSA) is 67.3 Å². The zero-order chi connectivity index (χ0) is 14.3. The summed E-state index contributed by atoms with van der Waals surface area (Å²) < 4.78 is 0. The number of rotatable bonds is 6. The minimum Gasteiger partial charge on any atom is -0.262 e. The Balaban J connectivity index is 1.52. The van der Waals surface area contributed by atoms with E-state index in [0.29, 0.717) is 5.75 Å². The summed E-state index contributed by atoms with van der Waals surface area (Å²) in [5.74, 6) is 2.40. The first-order valence-electron chi connectivity index (χ1n) is 6.74. The minimum atomic E-state index is 0.697. The van der Waals surface area contributed by atoms with Crippen molar-refractivity contribution in [3.8, 4) is 0 Å². The van der Waals surface area contributed by atoms with Crippen LogP contribution in [0.4, 0.5) is 0 Å². The number of thioether (sulfide) groups is 1. The van der Waals surface area contributed by atoms with E-state index in [2.05, 4.69) is 49.4 Å². The third-order valence-electron chi connectivity index (χ3n) is 2.94. The molecule has 0 saturated heterocycles. The van der Waals surface area contributed by atoms with Crippen LogP contribution in [0.15, 0.2) is 53.9 Å². The highest BCUT2D eigenvalue weighted by Gasteiger charge is 2.05. The van der Waals surface area contributed by atoms with Gasteiger partial charge in [-0.05, 0) is 18.1 Å². The first-order valence-corrected chi connectivity index (χ1v) is 7.72. The normalized spacial score (nSPS) is 10.7. The van der Waals surface area contributed by atoms with Gasteiger partial charge in [-0.25, -0.2) is 15.0 Å². The van der Waals surface area contributed by atoms with E-state index in [9.17, 15) is 0 Å². The predicted molar refractivity (Wildman–Crippen MR) is 81.8 cm³/mol. The van der Waals surface area contributed by atoms with Crippen LogP contribution in [0.3, 0.4) is 0 Å². The smallest absolute Gasteiger partial charge is 0.187 e. The maximum Gasteiger partial charge on any atom is 0.187 e. The Morgan fingerprint density at radius 2 is 1.76 bits per heavy atom. The third kappa shape index (κ3) is 4.13. The van der Waals surface area contributed by atoms with Gasteiger partial charge in [0.25, 0.3) is 0 Å². The summed E-state index contributed by atoms with van der Waals surface area (Å²) >= 11 is 1.55. The molecule has 3 aromatic rings. The van der Waals surface area contributed by atoms with Crippen LogP contribution >= 0.6 is 11.8 Å². The highest BCUT2D eigenvalue weighted by Crippen LogP contribution is 2.16. The molecule has 0 radical (unpaired) electrons. The number of aromatic amines is 1. The second kappa shape index (κ2) is 6.99. The molecule has 0 atom stereocenters. The largest absolute Gasteiger partial charge is 0.262 e. The number of nitrogens with zero attached hydrogens (tertiary/aromatic N) is 4. The fourth-order valence-corrected chi connectivity index (χ4v) is 2.57.